The fraction of sp³-hybridized carbons (Fsp3) is 0.500. The molecule has 0 N–H and O–H groups in total. The number of tetrazole rings is 1. The van der Waals surface area contributed by atoms with Gasteiger partial charge in [-0.25, -0.2) is 4.68 Å². The minimum Gasteiger partial charge on any atom is -0.491 e. The topological polar surface area (TPSA) is 62.1 Å². The van der Waals surface area contributed by atoms with Crippen LogP contribution in [-0.4, -0.2) is 45.3 Å². The molecule has 1 aromatic heterocycles. The molecule has 1 unspecified atom stereocenters. The number of thioether (sulfide) groups is 1. The lowest BCUT2D eigenvalue weighted by atomic mass is 10.2. The first kappa shape index (κ1) is 16.8. The highest BCUT2D eigenvalue weighted by Crippen LogP contribution is 2.27. The second-order valence-electron chi connectivity index (χ2n) is 5.05. The third-order valence-electron chi connectivity index (χ3n) is 3.37. The van der Waals surface area contributed by atoms with Gasteiger partial charge in [-0.15, -0.1) is 5.10 Å². The molecule has 0 amide bonds. The third kappa shape index (κ3) is 4.73. The van der Waals surface area contributed by atoms with Crippen LogP contribution in [0, 0.1) is 0 Å². The molecule has 1 aromatic carbocycles. The van der Waals surface area contributed by atoms with E-state index < -0.39 is 0 Å². The number of nitrogens with zero attached hydrogens (tertiary/aromatic N) is 4. The van der Waals surface area contributed by atoms with Crippen molar-refractivity contribution >= 4 is 35.0 Å². The van der Waals surface area contributed by atoms with Gasteiger partial charge in [0.15, 0.2) is 0 Å². The second-order valence-corrected chi connectivity index (χ2v) is 6.96. The molecule has 1 saturated heterocycles. The molecule has 1 atom stereocenters. The van der Waals surface area contributed by atoms with E-state index >= 15 is 0 Å². The van der Waals surface area contributed by atoms with Crippen molar-refractivity contribution in [1.82, 2.24) is 20.2 Å². The lowest BCUT2D eigenvalue weighted by Crippen LogP contribution is -2.17. The molecule has 2 aromatic rings. The van der Waals surface area contributed by atoms with Gasteiger partial charge in [0.05, 0.1) is 24.3 Å². The van der Waals surface area contributed by atoms with Crippen molar-refractivity contribution in [2.75, 3.05) is 19.0 Å². The zero-order valence-corrected chi connectivity index (χ0v) is 14.6. The molecule has 2 heterocycles. The Hall–Kier alpha value is -1.02. The quantitative estimate of drug-likeness (QED) is 0.547. The largest absolute Gasteiger partial charge is 0.491 e. The van der Waals surface area contributed by atoms with E-state index in [1.807, 2.05) is 0 Å². The van der Waals surface area contributed by atoms with Crippen LogP contribution in [0.25, 0.3) is 0 Å². The standard InChI is InChI=1S/C14H16Cl2N4O2S/c15-10-3-4-13(12(16)8-10)22-6-7-23-14-17-18-19-20(14)9-11-2-1-5-21-11/h3-4,8,11H,1-2,5-7,9H2. The minimum absolute atomic E-state index is 0.210. The lowest BCUT2D eigenvalue weighted by molar-refractivity contribution is 0.0912. The zero-order chi connectivity index (χ0) is 16.1. The summed E-state index contributed by atoms with van der Waals surface area (Å²) in [5.74, 6) is 1.33. The van der Waals surface area contributed by atoms with Crippen molar-refractivity contribution in [3.05, 3.63) is 28.2 Å². The van der Waals surface area contributed by atoms with Crippen molar-refractivity contribution < 1.29 is 9.47 Å². The van der Waals surface area contributed by atoms with E-state index in [9.17, 15) is 0 Å². The number of halogens is 2. The van der Waals surface area contributed by atoms with Crippen LogP contribution < -0.4 is 4.74 Å². The summed E-state index contributed by atoms with van der Waals surface area (Å²) in [6.07, 6.45) is 2.37. The molecule has 0 aliphatic carbocycles. The summed E-state index contributed by atoms with van der Waals surface area (Å²) < 4.78 is 13.0. The Morgan fingerprint density at radius 3 is 3.09 bits per heavy atom. The molecule has 23 heavy (non-hydrogen) atoms. The average molecular weight is 375 g/mol. The summed E-state index contributed by atoms with van der Waals surface area (Å²) in [7, 11) is 0. The summed E-state index contributed by atoms with van der Waals surface area (Å²) in [5, 5.41) is 13.7. The summed E-state index contributed by atoms with van der Waals surface area (Å²) in [5.41, 5.74) is 0. The molecular formula is C14H16Cl2N4O2S. The molecule has 1 fully saturated rings. The van der Waals surface area contributed by atoms with Crippen LogP contribution in [0.1, 0.15) is 12.8 Å². The Balaban J connectivity index is 1.46. The van der Waals surface area contributed by atoms with Crippen LogP contribution in [0.3, 0.4) is 0 Å². The predicted molar refractivity (Wildman–Crippen MR) is 89.5 cm³/mol. The molecule has 1 aliphatic heterocycles. The van der Waals surface area contributed by atoms with Gasteiger partial charge in [-0.1, -0.05) is 35.0 Å². The molecule has 0 saturated carbocycles. The Morgan fingerprint density at radius 1 is 1.39 bits per heavy atom. The van der Waals surface area contributed by atoms with E-state index in [2.05, 4.69) is 15.5 Å². The van der Waals surface area contributed by atoms with Crippen molar-refractivity contribution in [3.8, 4) is 5.75 Å². The summed E-state index contributed by atoms with van der Waals surface area (Å²) in [6, 6.07) is 5.17. The van der Waals surface area contributed by atoms with Crippen molar-refractivity contribution in [1.29, 1.82) is 0 Å². The van der Waals surface area contributed by atoms with E-state index in [0.717, 1.165) is 24.6 Å². The highest BCUT2D eigenvalue weighted by Gasteiger charge is 2.18. The summed E-state index contributed by atoms with van der Waals surface area (Å²) >= 11 is 13.5. The molecule has 0 bridgehead atoms. The second kappa shape index (κ2) is 8.19. The van der Waals surface area contributed by atoms with E-state index in [1.165, 1.54) is 0 Å². The molecule has 0 radical (unpaired) electrons. The SMILES string of the molecule is Clc1ccc(OCCSc2nnnn2CC2CCCO2)c(Cl)c1. The highest BCUT2D eigenvalue weighted by molar-refractivity contribution is 7.99. The first-order chi connectivity index (χ1) is 11.2. The lowest BCUT2D eigenvalue weighted by Gasteiger charge is -2.10. The first-order valence-electron chi connectivity index (χ1n) is 7.31. The first-order valence-corrected chi connectivity index (χ1v) is 9.05. The molecule has 0 spiro atoms. The number of hydrogen-bond donors (Lipinski definition) is 0. The van der Waals surface area contributed by atoms with Crippen LogP contribution in [0.2, 0.25) is 10.0 Å². The molecule has 3 rings (SSSR count). The van der Waals surface area contributed by atoms with Crippen LogP contribution >= 0.6 is 35.0 Å². The highest BCUT2D eigenvalue weighted by atomic mass is 35.5. The Bertz CT molecular complexity index is 649. The van der Waals surface area contributed by atoms with Gasteiger partial charge in [-0.05, 0) is 41.5 Å². The maximum atomic E-state index is 6.06. The smallest absolute Gasteiger partial charge is 0.209 e. The molecule has 124 valence electrons. The van der Waals surface area contributed by atoms with Gasteiger partial charge in [-0.2, -0.15) is 0 Å². The van der Waals surface area contributed by atoms with E-state index in [0.29, 0.717) is 34.7 Å². The number of hydrogen-bond acceptors (Lipinski definition) is 6. The maximum absolute atomic E-state index is 6.06. The van der Waals surface area contributed by atoms with Crippen LogP contribution in [0.15, 0.2) is 23.4 Å². The van der Waals surface area contributed by atoms with Gasteiger partial charge in [0.25, 0.3) is 0 Å². The van der Waals surface area contributed by atoms with Gasteiger partial charge in [0.1, 0.15) is 5.75 Å². The van der Waals surface area contributed by atoms with Crippen molar-refractivity contribution in [2.24, 2.45) is 0 Å². The van der Waals surface area contributed by atoms with Gasteiger partial charge >= 0.3 is 0 Å². The van der Waals surface area contributed by atoms with Gasteiger partial charge in [0, 0.05) is 17.4 Å². The monoisotopic (exact) mass is 374 g/mol. The number of aromatic nitrogens is 4. The van der Waals surface area contributed by atoms with E-state index in [4.69, 9.17) is 32.7 Å². The summed E-state index contributed by atoms with van der Waals surface area (Å²) in [6.45, 7) is 2.02. The van der Waals surface area contributed by atoms with Crippen LogP contribution in [0.4, 0.5) is 0 Å². The van der Waals surface area contributed by atoms with Crippen molar-refractivity contribution in [3.63, 3.8) is 0 Å². The molecular weight excluding hydrogens is 359 g/mol. The number of rotatable bonds is 7. The minimum atomic E-state index is 0.210. The molecule has 9 heteroatoms. The van der Waals surface area contributed by atoms with Gasteiger partial charge < -0.3 is 9.47 Å². The molecule has 1 aliphatic rings. The van der Waals surface area contributed by atoms with Crippen LogP contribution in [0.5, 0.6) is 5.75 Å². The average Bonchev–Trinajstić information content (AvgIpc) is 3.18. The predicted octanol–water partition coefficient (Wildman–Crippen LogP) is 3.33. The molecule has 6 nitrogen and oxygen atoms in total. The van der Waals surface area contributed by atoms with Crippen LogP contribution in [-0.2, 0) is 11.3 Å². The Morgan fingerprint density at radius 2 is 2.30 bits per heavy atom. The fourth-order valence-corrected chi connectivity index (χ4v) is 3.44. The zero-order valence-electron chi connectivity index (χ0n) is 12.3. The fourth-order valence-electron chi connectivity index (χ4n) is 2.27. The third-order valence-corrected chi connectivity index (χ3v) is 4.82. The summed E-state index contributed by atoms with van der Waals surface area (Å²) in [4.78, 5) is 0. The van der Waals surface area contributed by atoms with Gasteiger partial charge in [0.2, 0.25) is 5.16 Å². The Labute approximate surface area is 148 Å². The van der Waals surface area contributed by atoms with Gasteiger partial charge in [-0.3, -0.25) is 0 Å². The van der Waals surface area contributed by atoms with E-state index in [1.54, 1.807) is 34.6 Å². The van der Waals surface area contributed by atoms with Crippen molar-refractivity contribution in [2.45, 2.75) is 30.6 Å². The normalized spacial score (nSPS) is 17.6. The van der Waals surface area contributed by atoms with E-state index in [-0.39, 0.29) is 6.10 Å². The number of ether oxygens (including phenoxy) is 2. The number of benzene rings is 1. The maximum Gasteiger partial charge on any atom is 0.209 e. The Kier molecular flexibility index (Phi) is 5.99.